The van der Waals surface area contributed by atoms with Gasteiger partial charge in [-0.2, -0.15) is 8.78 Å². The van der Waals surface area contributed by atoms with Gasteiger partial charge in [0, 0.05) is 0 Å². The molecule has 2 rings (SSSR count). The molecule has 3 nitrogen and oxygen atoms in total. The Morgan fingerprint density at radius 2 is 1.86 bits per heavy atom. The molecule has 1 aliphatic rings. The van der Waals surface area contributed by atoms with E-state index in [9.17, 15) is 13.6 Å². The summed E-state index contributed by atoms with van der Waals surface area (Å²) in [5.74, 6) is 0.313. The monoisotopic (exact) mass is 310 g/mol. The second-order valence-corrected chi connectivity index (χ2v) is 5.40. The highest BCUT2D eigenvalue weighted by atomic mass is 19.3. The Balaban J connectivity index is 1.83. The predicted octanol–water partition coefficient (Wildman–Crippen LogP) is 4.43. The largest absolute Gasteiger partial charge is 0.462 e. The molecule has 120 valence electrons. The fourth-order valence-corrected chi connectivity index (χ4v) is 2.79. The van der Waals surface area contributed by atoms with Gasteiger partial charge in [-0.25, -0.2) is 0 Å². The number of rotatable bonds is 6. The molecule has 5 heteroatoms. The third kappa shape index (κ3) is 4.83. The highest BCUT2D eigenvalue weighted by Gasteiger charge is 2.24. The Labute approximate surface area is 128 Å². The van der Waals surface area contributed by atoms with Crippen molar-refractivity contribution in [1.29, 1.82) is 0 Å². The fourth-order valence-electron chi connectivity index (χ4n) is 2.79. The SMILES string of the molecule is C=CCC(=O)OC1CCC(c2ccc(OC(F)F)cc2)CC1. The number of esters is 1. The minimum Gasteiger partial charge on any atom is -0.462 e. The molecule has 0 aromatic heterocycles. The first-order valence-corrected chi connectivity index (χ1v) is 7.43. The lowest BCUT2D eigenvalue weighted by atomic mass is 9.83. The van der Waals surface area contributed by atoms with Crippen LogP contribution >= 0.6 is 0 Å². The molecule has 0 N–H and O–H groups in total. The number of hydrogen-bond acceptors (Lipinski definition) is 3. The van der Waals surface area contributed by atoms with Crippen LogP contribution in [0.4, 0.5) is 8.78 Å². The minimum atomic E-state index is -2.80. The molecular weight excluding hydrogens is 290 g/mol. The van der Waals surface area contributed by atoms with Crippen LogP contribution in [0.5, 0.6) is 5.75 Å². The highest BCUT2D eigenvalue weighted by Crippen LogP contribution is 2.34. The number of benzene rings is 1. The van der Waals surface area contributed by atoms with Gasteiger partial charge in [-0.1, -0.05) is 18.2 Å². The maximum Gasteiger partial charge on any atom is 0.387 e. The number of ether oxygens (including phenoxy) is 2. The summed E-state index contributed by atoms with van der Waals surface area (Å²) in [5, 5.41) is 0. The minimum absolute atomic E-state index is 0.0230. The molecule has 0 amide bonds. The predicted molar refractivity (Wildman–Crippen MR) is 79.0 cm³/mol. The van der Waals surface area contributed by atoms with Crippen molar-refractivity contribution in [3.8, 4) is 5.75 Å². The number of carbonyl (C=O) groups excluding carboxylic acids is 1. The van der Waals surface area contributed by atoms with Gasteiger partial charge < -0.3 is 9.47 Å². The summed E-state index contributed by atoms with van der Waals surface area (Å²) in [5.41, 5.74) is 1.11. The lowest BCUT2D eigenvalue weighted by molar-refractivity contribution is -0.149. The topological polar surface area (TPSA) is 35.5 Å². The Bertz CT molecular complexity index is 491. The van der Waals surface area contributed by atoms with E-state index in [1.165, 1.54) is 6.08 Å². The van der Waals surface area contributed by atoms with Crippen molar-refractivity contribution in [1.82, 2.24) is 0 Å². The molecule has 0 spiro atoms. The van der Waals surface area contributed by atoms with E-state index in [0.29, 0.717) is 5.92 Å². The van der Waals surface area contributed by atoms with Crippen molar-refractivity contribution in [3.63, 3.8) is 0 Å². The first kappa shape index (κ1) is 16.5. The van der Waals surface area contributed by atoms with Crippen LogP contribution in [0.1, 0.15) is 43.6 Å². The van der Waals surface area contributed by atoms with Gasteiger partial charge in [-0.15, -0.1) is 6.58 Å². The molecule has 1 aromatic carbocycles. The van der Waals surface area contributed by atoms with Gasteiger partial charge in [0.25, 0.3) is 0 Å². The van der Waals surface area contributed by atoms with E-state index in [2.05, 4.69) is 11.3 Å². The van der Waals surface area contributed by atoms with Crippen LogP contribution in [0.3, 0.4) is 0 Å². The van der Waals surface area contributed by atoms with Gasteiger partial charge in [-0.05, 0) is 49.3 Å². The smallest absolute Gasteiger partial charge is 0.387 e. The molecule has 1 aliphatic carbocycles. The van der Waals surface area contributed by atoms with Crippen molar-refractivity contribution in [2.75, 3.05) is 0 Å². The van der Waals surface area contributed by atoms with Crippen molar-refractivity contribution < 1.29 is 23.0 Å². The number of halogens is 2. The average Bonchev–Trinajstić information content (AvgIpc) is 2.48. The van der Waals surface area contributed by atoms with Gasteiger partial charge in [0.05, 0.1) is 6.42 Å². The summed E-state index contributed by atoms with van der Waals surface area (Å²) in [6.45, 7) is 0.713. The molecule has 1 aromatic rings. The lowest BCUT2D eigenvalue weighted by Gasteiger charge is -2.28. The maximum atomic E-state index is 12.1. The van der Waals surface area contributed by atoms with Crippen LogP contribution in [-0.2, 0) is 9.53 Å². The Kier molecular flexibility index (Phi) is 5.92. The number of carbonyl (C=O) groups is 1. The normalized spacial score (nSPS) is 21.4. The third-order valence-electron chi connectivity index (χ3n) is 3.86. The van der Waals surface area contributed by atoms with Crippen LogP contribution in [0.15, 0.2) is 36.9 Å². The summed E-state index contributed by atoms with van der Waals surface area (Å²) in [6, 6.07) is 6.79. The van der Waals surface area contributed by atoms with E-state index in [1.807, 2.05) is 12.1 Å². The number of hydrogen-bond donors (Lipinski definition) is 0. The summed E-state index contributed by atoms with van der Waals surface area (Å²) >= 11 is 0. The Morgan fingerprint density at radius 3 is 2.41 bits per heavy atom. The zero-order valence-electron chi connectivity index (χ0n) is 12.3. The summed E-state index contributed by atoms with van der Waals surface area (Å²) in [4.78, 5) is 11.4. The summed E-state index contributed by atoms with van der Waals surface area (Å²) < 4.78 is 33.9. The van der Waals surface area contributed by atoms with E-state index in [0.717, 1.165) is 31.2 Å². The van der Waals surface area contributed by atoms with E-state index in [1.54, 1.807) is 12.1 Å². The zero-order valence-corrected chi connectivity index (χ0v) is 12.3. The van der Waals surface area contributed by atoms with E-state index >= 15 is 0 Å². The molecule has 0 unspecified atom stereocenters. The molecule has 0 heterocycles. The second kappa shape index (κ2) is 7.92. The zero-order chi connectivity index (χ0) is 15.9. The first-order valence-electron chi connectivity index (χ1n) is 7.43. The van der Waals surface area contributed by atoms with Gasteiger partial charge >= 0.3 is 12.6 Å². The molecule has 0 bridgehead atoms. The quantitative estimate of drug-likeness (QED) is 0.576. The molecule has 0 saturated heterocycles. The first-order chi connectivity index (χ1) is 10.6. The Hall–Kier alpha value is -1.91. The van der Waals surface area contributed by atoms with E-state index in [-0.39, 0.29) is 24.2 Å². The second-order valence-electron chi connectivity index (χ2n) is 5.40. The van der Waals surface area contributed by atoms with Gasteiger partial charge in [-0.3, -0.25) is 4.79 Å². The van der Waals surface area contributed by atoms with Crippen molar-refractivity contribution in [3.05, 3.63) is 42.5 Å². The van der Waals surface area contributed by atoms with Crippen LogP contribution in [-0.4, -0.2) is 18.7 Å². The van der Waals surface area contributed by atoms with Gasteiger partial charge in [0.1, 0.15) is 11.9 Å². The standard InChI is InChI=1S/C17H20F2O3/c1-2-3-16(20)21-14-8-4-12(5-9-14)13-6-10-15(11-7-13)22-17(18)19/h2,6-7,10-12,14,17H,1,3-5,8-9H2. The third-order valence-corrected chi connectivity index (χ3v) is 3.86. The molecule has 0 atom stereocenters. The van der Waals surface area contributed by atoms with Crippen LogP contribution in [0.25, 0.3) is 0 Å². The van der Waals surface area contributed by atoms with E-state index < -0.39 is 6.61 Å². The van der Waals surface area contributed by atoms with E-state index in [4.69, 9.17) is 4.74 Å². The van der Waals surface area contributed by atoms with Gasteiger partial charge in [0.2, 0.25) is 0 Å². The Morgan fingerprint density at radius 1 is 1.23 bits per heavy atom. The number of alkyl halides is 2. The molecule has 1 saturated carbocycles. The molecule has 0 radical (unpaired) electrons. The molecule has 0 aliphatic heterocycles. The average molecular weight is 310 g/mol. The van der Waals surface area contributed by atoms with Crippen molar-refractivity contribution >= 4 is 5.97 Å². The molecular formula is C17H20F2O3. The van der Waals surface area contributed by atoms with Crippen molar-refractivity contribution in [2.24, 2.45) is 0 Å². The summed E-state index contributed by atoms with van der Waals surface area (Å²) in [6.07, 6.45) is 5.24. The van der Waals surface area contributed by atoms with Crippen LogP contribution in [0, 0.1) is 0 Å². The lowest BCUT2D eigenvalue weighted by Crippen LogP contribution is -2.23. The van der Waals surface area contributed by atoms with Gasteiger partial charge in [0.15, 0.2) is 0 Å². The highest BCUT2D eigenvalue weighted by molar-refractivity contribution is 5.71. The fraction of sp³-hybridized carbons (Fsp3) is 0.471. The van der Waals surface area contributed by atoms with Crippen LogP contribution < -0.4 is 4.74 Å². The maximum absolute atomic E-state index is 12.1. The van der Waals surface area contributed by atoms with Crippen LogP contribution in [0.2, 0.25) is 0 Å². The summed E-state index contributed by atoms with van der Waals surface area (Å²) in [7, 11) is 0. The molecule has 1 fully saturated rings. The van der Waals surface area contributed by atoms with Crippen molar-refractivity contribution in [2.45, 2.75) is 50.7 Å². The molecule has 22 heavy (non-hydrogen) atoms.